The molecule has 0 bridgehead atoms. The third kappa shape index (κ3) is 5.87. The topological polar surface area (TPSA) is 122 Å². The molecule has 8 heteroatoms. The lowest BCUT2D eigenvalue weighted by molar-refractivity contribution is -0.113. The van der Waals surface area contributed by atoms with Crippen molar-refractivity contribution in [1.29, 1.82) is 0 Å². The Morgan fingerprint density at radius 1 is 1.37 bits per heavy atom. The van der Waals surface area contributed by atoms with Crippen LogP contribution in [0.15, 0.2) is 29.4 Å². The van der Waals surface area contributed by atoms with E-state index in [9.17, 15) is 13.2 Å². The predicted molar refractivity (Wildman–Crippen MR) is 71.9 cm³/mol. The van der Waals surface area contributed by atoms with Crippen molar-refractivity contribution in [3.8, 4) is 0 Å². The van der Waals surface area contributed by atoms with Crippen LogP contribution in [-0.4, -0.2) is 37.4 Å². The number of hydrogen-bond acceptors (Lipinski definition) is 5. The average molecular weight is 285 g/mol. The number of benzene rings is 1. The molecule has 0 saturated heterocycles. The van der Waals surface area contributed by atoms with Gasteiger partial charge in [0.05, 0.1) is 0 Å². The fourth-order valence-electron chi connectivity index (χ4n) is 1.39. The van der Waals surface area contributed by atoms with Crippen molar-refractivity contribution >= 4 is 27.3 Å². The summed E-state index contributed by atoms with van der Waals surface area (Å²) in [6.45, 7) is 0. The van der Waals surface area contributed by atoms with Crippen LogP contribution in [0.1, 0.15) is 5.56 Å². The van der Waals surface area contributed by atoms with Crippen LogP contribution in [0.4, 0.5) is 5.69 Å². The van der Waals surface area contributed by atoms with Gasteiger partial charge in [0.15, 0.2) is 9.84 Å². The third-order valence-corrected chi connectivity index (χ3v) is 2.93. The van der Waals surface area contributed by atoms with Crippen molar-refractivity contribution in [3.63, 3.8) is 0 Å². The van der Waals surface area contributed by atoms with Crippen LogP contribution in [0.5, 0.6) is 0 Å². The summed E-state index contributed by atoms with van der Waals surface area (Å²) in [5.41, 5.74) is 6.64. The van der Waals surface area contributed by atoms with Crippen LogP contribution in [0.25, 0.3) is 0 Å². The molecule has 0 aliphatic carbocycles. The molecule has 1 amide bonds. The summed E-state index contributed by atoms with van der Waals surface area (Å²) in [6, 6.07) is 6.60. The highest BCUT2D eigenvalue weighted by Gasteiger charge is 2.10. The van der Waals surface area contributed by atoms with Crippen LogP contribution in [0.3, 0.4) is 0 Å². The van der Waals surface area contributed by atoms with Gasteiger partial charge in [-0.25, -0.2) is 8.42 Å². The number of nitrogens with one attached hydrogen (secondary N) is 1. The highest BCUT2D eigenvalue weighted by molar-refractivity contribution is 7.91. The van der Waals surface area contributed by atoms with Crippen molar-refractivity contribution in [1.82, 2.24) is 0 Å². The van der Waals surface area contributed by atoms with Crippen LogP contribution in [0, 0.1) is 0 Å². The van der Waals surface area contributed by atoms with Gasteiger partial charge in [0, 0.05) is 18.4 Å². The molecule has 0 heterocycles. The minimum absolute atomic E-state index is 0.0776. The minimum Gasteiger partial charge on any atom is -0.409 e. The van der Waals surface area contributed by atoms with Crippen molar-refractivity contribution in [2.75, 3.05) is 17.3 Å². The lowest BCUT2D eigenvalue weighted by atomic mass is 10.1. The monoisotopic (exact) mass is 285 g/mol. The summed E-state index contributed by atoms with van der Waals surface area (Å²) in [7, 11) is -3.34. The first-order valence-corrected chi connectivity index (χ1v) is 7.39. The highest BCUT2D eigenvalue weighted by Crippen LogP contribution is 2.10. The maximum atomic E-state index is 11.4. The van der Waals surface area contributed by atoms with Crippen LogP contribution in [-0.2, 0) is 21.1 Å². The molecule has 0 radical (unpaired) electrons. The summed E-state index contributed by atoms with van der Waals surface area (Å²) < 4.78 is 21.9. The Hall–Kier alpha value is -2.09. The van der Waals surface area contributed by atoms with E-state index < -0.39 is 21.5 Å². The zero-order valence-electron chi connectivity index (χ0n) is 10.3. The molecule has 0 saturated carbocycles. The molecule has 0 spiro atoms. The molecule has 0 unspecified atom stereocenters. The van der Waals surface area contributed by atoms with Gasteiger partial charge < -0.3 is 16.3 Å². The number of amides is 1. The van der Waals surface area contributed by atoms with Gasteiger partial charge in [-0.05, 0) is 17.7 Å². The second-order valence-corrected chi connectivity index (χ2v) is 6.22. The van der Waals surface area contributed by atoms with Gasteiger partial charge in [-0.15, -0.1) is 0 Å². The third-order valence-electron chi connectivity index (χ3n) is 2.14. The molecule has 0 aliphatic heterocycles. The number of nitrogens with zero attached hydrogens (tertiary/aromatic N) is 1. The number of rotatable bonds is 5. The van der Waals surface area contributed by atoms with Gasteiger partial charge in [-0.1, -0.05) is 17.3 Å². The van der Waals surface area contributed by atoms with E-state index in [0.717, 1.165) is 11.8 Å². The molecule has 1 aromatic rings. The molecular weight excluding hydrogens is 270 g/mol. The van der Waals surface area contributed by atoms with Gasteiger partial charge in [0.25, 0.3) is 0 Å². The van der Waals surface area contributed by atoms with Crippen LogP contribution >= 0.6 is 0 Å². The summed E-state index contributed by atoms with van der Waals surface area (Å²) >= 11 is 0. The van der Waals surface area contributed by atoms with E-state index in [1.165, 1.54) is 0 Å². The molecule has 0 fully saturated rings. The zero-order valence-corrected chi connectivity index (χ0v) is 11.1. The van der Waals surface area contributed by atoms with Crippen molar-refractivity contribution in [3.05, 3.63) is 29.8 Å². The van der Waals surface area contributed by atoms with E-state index in [-0.39, 0.29) is 12.3 Å². The maximum Gasteiger partial charge on any atom is 0.239 e. The van der Waals surface area contributed by atoms with Gasteiger partial charge in [0.1, 0.15) is 11.6 Å². The van der Waals surface area contributed by atoms with Crippen molar-refractivity contribution in [2.45, 2.75) is 6.42 Å². The number of amidine groups is 1. The number of anilines is 1. The molecular formula is C11H15N3O4S. The molecule has 4 N–H and O–H groups in total. The number of sulfone groups is 1. The SMILES string of the molecule is CS(=O)(=O)CC(=O)Nc1ccc(CC(N)=NO)cc1. The first kappa shape index (κ1) is 15.0. The number of carbonyl (C=O) groups is 1. The van der Waals surface area contributed by atoms with Crippen LogP contribution < -0.4 is 11.1 Å². The first-order valence-electron chi connectivity index (χ1n) is 5.33. The molecule has 1 aromatic carbocycles. The minimum atomic E-state index is -3.34. The Kier molecular flexibility index (Phi) is 4.87. The molecule has 19 heavy (non-hydrogen) atoms. The maximum absolute atomic E-state index is 11.4. The molecule has 0 atom stereocenters. The summed E-state index contributed by atoms with van der Waals surface area (Å²) in [5.74, 6) is -1.07. The Balaban J connectivity index is 2.65. The van der Waals surface area contributed by atoms with E-state index in [2.05, 4.69) is 10.5 Å². The average Bonchev–Trinajstić information content (AvgIpc) is 2.29. The second-order valence-electron chi connectivity index (χ2n) is 4.08. The summed E-state index contributed by atoms with van der Waals surface area (Å²) in [4.78, 5) is 11.4. The summed E-state index contributed by atoms with van der Waals surface area (Å²) in [5, 5.41) is 13.7. The fourth-order valence-corrected chi connectivity index (χ4v) is 1.93. The van der Waals surface area contributed by atoms with Crippen molar-refractivity contribution < 1.29 is 18.4 Å². The second kappa shape index (κ2) is 6.19. The van der Waals surface area contributed by atoms with E-state index in [1.54, 1.807) is 24.3 Å². The van der Waals surface area contributed by atoms with Gasteiger partial charge >= 0.3 is 0 Å². The van der Waals surface area contributed by atoms with E-state index in [0.29, 0.717) is 5.69 Å². The van der Waals surface area contributed by atoms with Crippen molar-refractivity contribution in [2.24, 2.45) is 10.9 Å². The summed E-state index contributed by atoms with van der Waals surface area (Å²) in [6.07, 6.45) is 1.28. The predicted octanol–water partition coefficient (Wildman–Crippen LogP) is -0.0414. The van der Waals surface area contributed by atoms with E-state index in [1.807, 2.05) is 0 Å². The zero-order chi connectivity index (χ0) is 14.5. The Morgan fingerprint density at radius 3 is 2.42 bits per heavy atom. The molecule has 0 aliphatic rings. The van der Waals surface area contributed by atoms with Gasteiger partial charge in [-0.2, -0.15) is 0 Å². The number of nitrogens with two attached hydrogens (primary N) is 1. The Morgan fingerprint density at radius 2 is 1.95 bits per heavy atom. The number of carbonyl (C=O) groups excluding carboxylic acids is 1. The standard InChI is InChI=1S/C11H15N3O4S/c1-19(17,18)7-11(15)13-9-4-2-8(3-5-9)6-10(12)14-16/h2-5,16H,6-7H2,1H3,(H2,12,14)(H,13,15). The van der Waals surface area contributed by atoms with Gasteiger partial charge in [-0.3, -0.25) is 4.79 Å². The molecule has 0 aromatic heterocycles. The van der Waals surface area contributed by atoms with Gasteiger partial charge in [0.2, 0.25) is 5.91 Å². The lowest BCUT2D eigenvalue weighted by Gasteiger charge is -2.05. The largest absolute Gasteiger partial charge is 0.409 e. The molecule has 104 valence electrons. The highest BCUT2D eigenvalue weighted by atomic mass is 32.2. The Labute approximate surface area is 111 Å². The lowest BCUT2D eigenvalue weighted by Crippen LogP contribution is -2.21. The van der Waals surface area contributed by atoms with E-state index in [4.69, 9.17) is 10.9 Å². The number of oxime groups is 1. The number of hydrogen-bond donors (Lipinski definition) is 3. The fraction of sp³-hybridized carbons (Fsp3) is 0.273. The van der Waals surface area contributed by atoms with Crippen LogP contribution in [0.2, 0.25) is 0 Å². The molecule has 1 rings (SSSR count). The smallest absolute Gasteiger partial charge is 0.239 e. The van der Waals surface area contributed by atoms with E-state index >= 15 is 0 Å². The molecule has 7 nitrogen and oxygen atoms in total. The normalized spacial score (nSPS) is 12.2. The first-order chi connectivity index (χ1) is 8.80. The Bertz CT molecular complexity index is 578. The quantitative estimate of drug-likeness (QED) is 0.303.